The van der Waals surface area contributed by atoms with Crippen molar-refractivity contribution < 1.29 is 4.79 Å². The molecule has 4 heteroatoms. The average Bonchev–Trinajstić information content (AvgIpc) is 3.22. The first kappa shape index (κ1) is 18.9. The Labute approximate surface area is 161 Å². The fourth-order valence-electron chi connectivity index (χ4n) is 3.61. The number of amides is 1. The predicted molar refractivity (Wildman–Crippen MR) is 110 cm³/mol. The number of aromatic nitrogens is 2. The molecule has 1 unspecified atom stereocenters. The lowest BCUT2D eigenvalue weighted by Gasteiger charge is -2.27. The van der Waals surface area contributed by atoms with Crippen molar-refractivity contribution in [3.63, 3.8) is 0 Å². The first-order valence-corrected chi connectivity index (χ1v) is 9.62. The maximum Gasteiger partial charge on any atom is 0.228 e. The van der Waals surface area contributed by atoms with E-state index >= 15 is 0 Å². The minimum Gasteiger partial charge on any atom is -0.330 e. The van der Waals surface area contributed by atoms with Crippen LogP contribution in [0.2, 0.25) is 0 Å². The highest BCUT2D eigenvalue weighted by atomic mass is 16.1. The summed E-state index contributed by atoms with van der Waals surface area (Å²) in [6, 6.07) is 18.3. The Morgan fingerprint density at radius 3 is 2.33 bits per heavy atom. The van der Waals surface area contributed by atoms with Gasteiger partial charge in [-0.3, -0.25) is 4.79 Å². The van der Waals surface area contributed by atoms with Gasteiger partial charge in [0.05, 0.1) is 18.8 Å². The largest absolute Gasteiger partial charge is 0.330 e. The zero-order valence-electron chi connectivity index (χ0n) is 16.0. The van der Waals surface area contributed by atoms with Gasteiger partial charge in [0.15, 0.2) is 0 Å². The van der Waals surface area contributed by atoms with E-state index in [1.807, 2.05) is 61.2 Å². The molecule has 1 heterocycles. The summed E-state index contributed by atoms with van der Waals surface area (Å²) >= 11 is 0. The molecule has 140 valence electrons. The molecule has 0 bridgehead atoms. The minimum absolute atomic E-state index is 0.0000949. The summed E-state index contributed by atoms with van der Waals surface area (Å²) < 4.78 is 2.18. The number of carbonyl (C=O) groups excluding carboxylic acids is 1. The molecule has 0 fully saturated rings. The van der Waals surface area contributed by atoms with Crippen LogP contribution in [0.4, 0.5) is 5.69 Å². The molecule has 0 spiro atoms. The molecular weight excluding hydrogens is 334 g/mol. The molecule has 0 saturated heterocycles. The fourth-order valence-corrected chi connectivity index (χ4v) is 3.61. The number of nitrogens with one attached hydrogen (secondary N) is 1. The third kappa shape index (κ3) is 4.85. The Balaban J connectivity index is 1.72. The molecule has 0 radical (unpaired) electrons. The average molecular weight is 361 g/mol. The molecule has 3 aromatic rings. The lowest BCUT2D eigenvalue weighted by molar-refractivity contribution is -0.115. The second-order valence-corrected chi connectivity index (χ2v) is 6.86. The van der Waals surface area contributed by atoms with Gasteiger partial charge in [-0.15, -0.1) is 0 Å². The molecule has 27 heavy (non-hydrogen) atoms. The second-order valence-electron chi connectivity index (χ2n) is 6.86. The van der Waals surface area contributed by atoms with Crippen LogP contribution in [0, 0.1) is 5.92 Å². The van der Waals surface area contributed by atoms with Crippen molar-refractivity contribution >= 4 is 11.6 Å². The monoisotopic (exact) mass is 361 g/mol. The van der Waals surface area contributed by atoms with E-state index in [1.165, 1.54) is 5.56 Å². The van der Waals surface area contributed by atoms with E-state index in [4.69, 9.17) is 0 Å². The summed E-state index contributed by atoms with van der Waals surface area (Å²) in [4.78, 5) is 16.5. The van der Waals surface area contributed by atoms with Crippen LogP contribution >= 0.6 is 0 Å². The number of hydrogen-bond acceptors (Lipinski definition) is 2. The Morgan fingerprint density at radius 1 is 1.04 bits per heavy atom. The highest BCUT2D eigenvalue weighted by molar-refractivity contribution is 5.92. The van der Waals surface area contributed by atoms with Crippen LogP contribution in [0.1, 0.15) is 43.9 Å². The Morgan fingerprint density at radius 2 is 1.74 bits per heavy atom. The van der Waals surface area contributed by atoms with E-state index in [0.717, 1.165) is 24.1 Å². The zero-order valence-corrected chi connectivity index (χ0v) is 16.0. The normalized spacial score (nSPS) is 12.1. The number of anilines is 1. The predicted octanol–water partition coefficient (Wildman–Crippen LogP) is 5.09. The van der Waals surface area contributed by atoms with E-state index in [-0.39, 0.29) is 11.9 Å². The van der Waals surface area contributed by atoms with Crippen LogP contribution in [0.15, 0.2) is 73.3 Å². The number of carbonyl (C=O) groups is 1. The zero-order chi connectivity index (χ0) is 19.1. The molecular formula is C23H27N3O. The maximum absolute atomic E-state index is 12.3. The summed E-state index contributed by atoms with van der Waals surface area (Å²) in [5, 5.41) is 2.99. The second kappa shape index (κ2) is 9.17. The van der Waals surface area contributed by atoms with E-state index in [9.17, 15) is 4.79 Å². The molecule has 3 rings (SSSR count). The quantitative estimate of drug-likeness (QED) is 0.607. The van der Waals surface area contributed by atoms with Gasteiger partial charge in [0.25, 0.3) is 0 Å². The first-order valence-electron chi connectivity index (χ1n) is 9.62. The molecule has 1 N–H and O–H groups in total. The van der Waals surface area contributed by atoms with Gasteiger partial charge in [0.2, 0.25) is 5.91 Å². The summed E-state index contributed by atoms with van der Waals surface area (Å²) in [7, 11) is 0. The van der Waals surface area contributed by atoms with E-state index in [2.05, 4.69) is 40.8 Å². The summed E-state index contributed by atoms with van der Waals surface area (Å²) in [6.45, 7) is 4.46. The topological polar surface area (TPSA) is 46.9 Å². The molecule has 0 aliphatic carbocycles. The lowest BCUT2D eigenvalue weighted by Crippen LogP contribution is -2.19. The molecule has 1 aromatic heterocycles. The Kier molecular flexibility index (Phi) is 6.42. The number of imidazole rings is 1. The van der Waals surface area contributed by atoms with Gasteiger partial charge in [0.1, 0.15) is 0 Å². The van der Waals surface area contributed by atoms with E-state index in [1.54, 1.807) is 0 Å². The van der Waals surface area contributed by atoms with Crippen molar-refractivity contribution in [2.24, 2.45) is 5.92 Å². The number of nitrogens with zero attached hydrogens (tertiary/aromatic N) is 2. The number of hydrogen-bond donors (Lipinski definition) is 1. The third-order valence-corrected chi connectivity index (χ3v) is 5.08. The van der Waals surface area contributed by atoms with Crippen LogP contribution in [-0.2, 0) is 11.2 Å². The van der Waals surface area contributed by atoms with Crippen LogP contribution in [0.5, 0.6) is 0 Å². The maximum atomic E-state index is 12.3. The molecule has 0 aliphatic heterocycles. The van der Waals surface area contributed by atoms with Crippen molar-refractivity contribution in [2.45, 2.75) is 39.2 Å². The van der Waals surface area contributed by atoms with Crippen LogP contribution in [-0.4, -0.2) is 15.5 Å². The van der Waals surface area contributed by atoms with Crippen molar-refractivity contribution in [3.05, 3.63) is 84.4 Å². The van der Waals surface area contributed by atoms with Crippen molar-refractivity contribution in [3.8, 4) is 0 Å². The van der Waals surface area contributed by atoms with Crippen molar-refractivity contribution in [1.82, 2.24) is 9.55 Å². The van der Waals surface area contributed by atoms with Gasteiger partial charge in [-0.25, -0.2) is 4.98 Å². The van der Waals surface area contributed by atoms with E-state index < -0.39 is 0 Å². The van der Waals surface area contributed by atoms with Gasteiger partial charge in [0, 0.05) is 18.1 Å². The smallest absolute Gasteiger partial charge is 0.228 e. The molecule has 1 atom stereocenters. The lowest BCUT2D eigenvalue weighted by atomic mass is 9.88. The van der Waals surface area contributed by atoms with Gasteiger partial charge in [-0.1, -0.05) is 69.2 Å². The summed E-state index contributed by atoms with van der Waals surface area (Å²) in [5.74, 6) is 0.540. The van der Waals surface area contributed by atoms with Gasteiger partial charge in [-0.05, 0) is 29.2 Å². The van der Waals surface area contributed by atoms with Crippen LogP contribution in [0.25, 0.3) is 0 Å². The Bertz CT molecular complexity index is 822. The van der Waals surface area contributed by atoms with Gasteiger partial charge in [-0.2, -0.15) is 0 Å². The van der Waals surface area contributed by atoms with Gasteiger partial charge < -0.3 is 9.88 Å². The van der Waals surface area contributed by atoms with Gasteiger partial charge >= 0.3 is 0 Å². The molecule has 0 saturated carbocycles. The standard InChI is InChI=1S/C23H27N3O/c1-3-19(4-2)23(26-15-14-24-17-26)20-10-12-21(13-11-20)25-22(27)16-18-8-6-5-7-9-18/h5-15,17,19,23H,3-4,16H2,1-2H3,(H,25,27). The third-order valence-electron chi connectivity index (χ3n) is 5.08. The molecule has 1 amide bonds. The summed E-state index contributed by atoms with van der Waals surface area (Å²) in [5.41, 5.74) is 3.08. The number of rotatable bonds is 8. The molecule has 2 aromatic carbocycles. The Hall–Kier alpha value is -2.88. The fraction of sp³-hybridized carbons (Fsp3) is 0.304. The number of benzene rings is 2. The molecule has 0 aliphatic rings. The highest BCUT2D eigenvalue weighted by Crippen LogP contribution is 2.31. The van der Waals surface area contributed by atoms with Crippen molar-refractivity contribution in [1.29, 1.82) is 0 Å². The van der Waals surface area contributed by atoms with Crippen LogP contribution < -0.4 is 5.32 Å². The summed E-state index contributed by atoms with van der Waals surface area (Å²) in [6.07, 6.45) is 8.34. The molecule has 4 nitrogen and oxygen atoms in total. The van der Waals surface area contributed by atoms with Crippen LogP contribution in [0.3, 0.4) is 0 Å². The van der Waals surface area contributed by atoms with Crippen molar-refractivity contribution in [2.75, 3.05) is 5.32 Å². The van der Waals surface area contributed by atoms with E-state index in [0.29, 0.717) is 12.3 Å². The highest BCUT2D eigenvalue weighted by Gasteiger charge is 2.22. The first-order chi connectivity index (χ1) is 13.2. The SMILES string of the molecule is CCC(CC)C(c1ccc(NC(=O)Cc2ccccc2)cc1)n1ccnc1. The minimum atomic E-state index is 0.0000949.